The van der Waals surface area contributed by atoms with Gasteiger partial charge in [-0.2, -0.15) is 0 Å². The molecular weight excluding hydrogens is 280 g/mol. The van der Waals surface area contributed by atoms with Crippen LogP contribution in [0, 0.1) is 0 Å². The summed E-state index contributed by atoms with van der Waals surface area (Å²) < 4.78 is 0. The van der Waals surface area contributed by atoms with Crippen LogP contribution in [0.4, 0.5) is 0 Å². The van der Waals surface area contributed by atoms with Crippen molar-refractivity contribution in [3.8, 4) is 0 Å². The van der Waals surface area contributed by atoms with Crippen molar-refractivity contribution in [2.24, 2.45) is 0 Å². The van der Waals surface area contributed by atoms with Crippen molar-refractivity contribution in [3.63, 3.8) is 0 Å². The van der Waals surface area contributed by atoms with Crippen LogP contribution in [-0.2, 0) is 0 Å². The summed E-state index contributed by atoms with van der Waals surface area (Å²) in [5, 5.41) is 4.48. The van der Waals surface area contributed by atoms with Gasteiger partial charge < -0.3 is 10.2 Å². The lowest BCUT2D eigenvalue weighted by Crippen LogP contribution is -2.35. The van der Waals surface area contributed by atoms with Crippen molar-refractivity contribution >= 4 is 11.6 Å². The molecule has 1 N–H and O–H groups in total. The van der Waals surface area contributed by atoms with E-state index in [1.807, 2.05) is 12.1 Å². The molecule has 21 heavy (non-hydrogen) atoms. The lowest BCUT2D eigenvalue weighted by Gasteiger charge is -2.29. The highest BCUT2D eigenvalue weighted by Gasteiger charge is 2.19. The average molecular weight is 309 g/mol. The standard InChI is InChI=1S/C18H29ClN2/c1-3-20-18(16-10-6-7-11-17(16)19)12-14-21-13-8-4-5-9-15(21)2/h6-7,10-11,15,18,20H,3-5,8-9,12-14H2,1-2H3. The van der Waals surface area contributed by atoms with Gasteiger partial charge in [-0.3, -0.25) is 0 Å². The Bertz CT molecular complexity index is 421. The summed E-state index contributed by atoms with van der Waals surface area (Å²) in [5.74, 6) is 0. The maximum Gasteiger partial charge on any atom is 0.0453 e. The van der Waals surface area contributed by atoms with E-state index in [4.69, 9.17) is 11.6 Å². The van der Waals surface area contributed by atoms with Crippen LogP contribution in [-0.4, -0.2) is 30.6 Å². The Morgan fingerprint density at radius 2 is 2.10 bits per heavy atom. The molecule has 0 spiro atoms. The minimum absolute atomic E-state index is 0.360. The van der Waals surface area contributed by atoms with Crippen molar-refractivity contribution in [1.82, 2.24) is 10.2 Å². The molecule has 0 aliphatic carbocycles. The Kier molecular flexibility index (Phi) is 7.01. The topological polar surface area (TPSA) is 15.3 Å². The number of hydrogen-bond donors (Lipinski definition) is 1. The van der Waals surface area contributed by atoms with E-state index in [9.17, 15) is 0 Å². The fourth-order valence-corrected chi connectivity index (χ4v) is 3.60. The van der Waals surface area contributed by atoms with Gasteiger partial charge in [-0.1, -0.05) is 49.6 Å². The number of likely N-dealkylation sites (tertiary alicyclic amines) is 1. The molecular formula is C18H29ClN2. The lowest BCUT2D eigenvalue weighted by atomic mass is 10.0. The summed E-state index contributed by atoms with van der Waals surface area (Å²) in [7, 11) is 0. The zero-order valence-electron chi connectivity index (χ0n) is 13.4. The van der Waals surface area contributed by atoms with Crippen LogP contribution >= 0.6 is 11.6 Å². The summed E-state index contributed by atoms with van der Waals surface area (Å²) in [5.41, 5.74) is 1.24. The molecule has 2 unspecified atom stereocenters. The van der Waals surface area contributed by atoms with Crippen LogP contribution in [0.1, 0.15) is 57.6 Å². The number of hydrogen-bond acceptors (Lipinski definition) is 2. The molecule has 2 atom stereocenters. The molecule has 1 aliphatic heterocycles. The monoisotopic (exact) mass is 308 g/mol. The third kappa shape index (κ3) is 4.98. The summed E-state index contributed by atoms with van der Waals surface area (Å²) in [6.45, 7) is 7.93. The molecule has 118 valence electrons. The first-order valence-electron chi connectivity index (χ1n) is 8.44. The van der Waals surface area contributed by atoms with Gasteiger partial charge >= 0.3 is 0 Å². The van der Waals surface area contributed by atoms with Crippen molar-refractivity contribution in [3.05, 3.63) is 34.9 Å². The van der Waals surface area contributed by atoms with Crippen LogP contribution in [0.2, 0.25) is 5.02 Å². The smallest absolute Gasteiger partial charge is 0.0453 e. The molecule has 3 heteroatoms. The third-order valence-electron chi connectivity index (χ3n) is 4.63. The molecule has 1 saturated heterocycles. The molecule has 0 aromatic heterocycles. The lowest BCUT2D eigenvalue weighted by molar-refractivity contribution is 0.202. The van der Waals surface area contributed by atoms with Gasteiger partial charge in [0.15, 0.2) is 0 Å². The summed E-state index contributed by atoms with van der Waals surface area (Å²) in [6.07, 6.45) is 6.60. The Balaban J connectivity index is 1.98. The second-order valence-electron chi connectivity index (χ2n) is 6.15. The summed E-state index contributed by atoms with van der Waals surface area (Å²) >= 11 is 6.38. The van der Waals surface area contributed by atoms with Crippen molar-refractivity contribution in [2.45, 2.75) is 58.0 Å². The Morgan fingerprint density at radius 3 is 2.86 bits per heavy atom. The Morgan fingerprint density at radius 1 is 1.29 bits per heavy atom. The quantitative estimate of drug-likeness (QED) is 0.823. The van der Waals surface area contributed by atoms with E-state index in [-0.39, 0.29) is 0 Å². The van der Waals surface area contributed by atoms with Crippen LogP contribution < -0.4 is 5.32 Å². The molecule has 1 aliphatic rings. The van der Waals surface area contributed by atoms with Crippen molar-refractivity contribution in [2.75, 3.05) is 19.6 Å². The van der Waals surface area contributed by atoms with E-state index in [0.717, 1.165) is 30.6 Å². The minimum atomic E-state index is 0.360. The minimum Gasteiger partial charge on any atom is -0.310 e. The first-order valence-corrected chi connectivity index (χ1v) is 8.82. The number of benzene rings is 1. The maximum absolute atomic E-state index is 6.38. The first-order chi connectivity index (χ1) is 10.2. The number of halogens is 1. The van der Waals surface area contributed by atoms with Crippen molar-refractivity contribution < 1.29 is 0 Å². The third-order valence-corrected chi connectivity index (χ3v) is 4.97. The van der Waals surface area contributed by atoms with Crippen LogP contribution in [0.5, 0.6) is 0 Å². The Hall–Kier alpha value is -0.570. The molecule has 2 rings (SSSR count). The molecule has 1 aromatic carbocycles. The van der Waals surface area contributed by atoms with Crippen LogP contribution in [0.15, 0.2) is 24.3 Å². The Labute approximate surface area is 134 Å². The largest absolute Gasteiger partial charge is 0.310 e. The van der Waals surface area contributed by atoms with E-state index in [0.29, 0.717) is 6.04 Å². The molecule has 0 saturated carbocycles. The van der Waals surface area contributed by atoms with Crippen LogP contribution in [0.25, 0.3) is 0 Å². The number of nitrogens with one attached hydrogen (secondary N) is 1. The highest BCUT2D eigenvalue weighted by Crippen LogP contribution is 2.26. The predicted octanol–water partition coefficient (Wildman–Crippen LogP) is 4.65. The fraction of sp³-hybridized carbons (Fsp3) is 0.667. The second-order valence-corrected chi connectivity index (χ2v) is 6.56. The fourth-order valence-electron chi connectivity index (χ4n) is 3.33. The summed E-state index contributed by atoms with van der Waals surface area (Å²) in [6, 6.07) is 9.32. The maximum atomic E-state index is 6.38. The van der Waals surface area contributed by atoms with Gasteiger partial charge in [-0.25, -0.2) is 0 Å². The zero-order chi connectivity index (χ0) is 15.1. The summed E-state index contributed by atoms with van der Waals surface area (Å²) in [4.78, 5) is 2.66. The van der Waals surface area contributed by atoms with E-state index in [1.54, 1.807) is 0 Å². The first kappa shape index (κ1) is 16.8. The van der Waals surface area contributed by atoms with E-state index in [2.05, 4.69) is 36.2 Å². The van der Waals surface area contributed by atoms with Gasteiger partial charge in [0.2, 0.25) is 0 Å². The molecule has 0 radical (unpaired) electrons. The average Bonchev–Trinajstić information content (AvgIpc) is 2.69. The van der Waals surface area contributed by atoms with Gasteiger partial charge in [0, 0.05) is 23.7 Å². The predicted molar refractivity (Wildman–Crippen MR) is 92.0 cm³/mol. The highest BCUT2D eigenvalue weighted by atomic mass is 35.5. The van der Waals surface area contributed by atoms with Gasteiger partial charge in [0.25, 0.3) is 0 Å². The van der Waals surface area contributed by atoms with Crippen LogP contribution in [0.3, 0.4) is 0 Å². The van der Waals surface area contributed by atoms with Gasteiger partial charge in [0.05, 0.1) is 0 Å². The van der Waals surface area contributed by atoms with Gasteiger partial charge in [-0.15, -0.1) is 0 Å². The van der Waals surface area contributed by atoms with E-state index < -0.39 is 0 Å². The molecule has 0 amide bonds. The SMILES string of the molecule is CCNC(CCN1CCCCCC1C)c1ccccc1Cl. The highest BCUT2D eigenvalue weighted by molar-refractivity contribution is 6.31. The molecule has 2 nitrogen and oxygen atoms in total. The number of rotatable bonds is 6. The molecule has 0 bridgehead atoms. The second kappa shape index (κ2) is 8.77. The molecule has 1 heterocycles. The van der Waals surface area contributed by atoms with Gasteiger partial charge in [-0.05, 0) is 50.9 Å². The van der Waals surface area contributed by atoms with Crippen molar-refractivity contribution in [1.29, 1.82) is 0 Å². The normalized spacial score (nSPS) is 22.0. The number of nitrogens with zero attached hydrogens (tertiary/aromatic N) is 1. The molecule has 1 aromatic rings. The molecule has 1 fully saturated rings. The van der Waals surface area contributed by atoms with E-state index >= 15 is 0 Å². The zero-order valence-corrected chi connectivity index (χ0v) is 14.2. The van der Waals surface area contributed by atoms with Gasteiger partial charge in [0.1, 0.15) is 0 Å². The van der Waals surface area contributed by atoms with E-state index in [1.165, 1.54) is 37.8 Å².